The number of aromatic nitrogens is 1. The number of pyridine rings is 1. The summed E-state index contributed by atoms with van der Waals surface area (Å²) in [6, 6.07) is 26.7. The second-order valence-electron chi connectivity index (χ2n) is 11.3. The molecule has 0 bridgehead atoms. The minimum atomic E-state index is -5.42. The molecule has 0 aliphatic carbocycles. The number of amides is 3. The van der Waals surface area contributed by atoms with E-state index in [0.29, 0.717) is 27.1 Å². The largest absolute Gasteiger partial charge is 0.722 e. The molecule has 270 valence electrons. The highest BCUT2D eigenvalue weighted by Crippen LogP contribution is 2.32. The molecule has 3 amide bonds. The predicted molar refractivity (Wildman–Crippen MR) is 182 cm³/mol. The number of carbonyl (C=O) groups is 4. The van der Waals surface area contributed by atoms with E-state index in [1.165, 1.54) is 43.5 Å². The molecule has 5 aromatic rings. The van der Waals surface area contributed by atoms with Crippen LogP contribution in [0.5, 0.6) is 5.75 Å². The van der Waals surface area contributed by atoms with Gasteiger partial charge < -0.3 is 14.1 Å². The molecule has 0 N–H and O–H groups in total. The molecule has 1 fully saturated rings. The lowest BCUT2D eigenvalue weighted by Crippen LogP contribution is -2.38. The van der Waals surface area contributed by atoms with Gasteiger partial charge in [-0.15, -0.1) is 8.95 Å². The van der Waals surface area contributed by atoms with Gasteiger partial charge in [-0.1, -0.05) is 36.4 Å². The molecule has 1 aliphatic heterocycles. The summed E-state index contributed by atoms with van der Waals surface area (Å²) in [6.07, 6.45) is 0.00155. The lowest BCUT2D eigenvalue weighted by molar-refractivity contribution is -0.617. The Bertz CT molecular complexity index is 2340. The fourth-order valence-electron chi connectivity index (χ4n) is 5.63. The Hall–Kier alpha value is -5.78. The molecule has 17 heteroatoms. The molecule has 52 heavy (non-hydrogen) atoms. The van der Waals surface area contributed by atoms with Gasteiger partial charge in [0.25, 0.3) is 38.2 Å². The number of para-hydroxylation sites is 2. The number of aryl methyl sites for hydroxylation is 2. The third-order valence-corrected chi connectivity index (χ3v) is 9.78. The van der Waals surface area contributed by atoms with Gasteiger partial charge in [0.15, 0.2) is 0 Å². The maximum atomic E-state index is 14.7. The van der Waals surface area contributed by atoms with Crippen LogP contribution in [0.25, 0.3) is 21.8 Å². The molecule has 14 nitrogen and oxygen atoms in total. The van der Waals surface area contributed by atoms with Gasteiger partial charge in [0.1, 0.15) is 12.8 Å². The van der Waals surface area contributed by atoms with Crippen molar-refractivity contribution in [3.8, 4) is 5.75 Å². The lowest BCUT2D eigenvalue weighted by Gasteiger charge is -2.24. The normalized spacial score (nSPS) is 13.1. The van der Waals surface area contributed by atoms with Crippen LogP contribution in [-0.2, 0) is 53.2 Å². The van der Waals surface area contributed by atoms with Crippen molar-refractivity contribution in [1.82, 2.24) is 5.06 Å². The van der Waals surface area contributed by atoms with E-state index in [4.69, 9.17) is 22.5 Å². The maximum absolute atomic E-state index is 14.7. The molecular weight excluding hydrogens is 722 g/mol. The summed E-state index contributed by atoms with van der Waals surface area (Å²) < 4.78 is 72.2. The van der Waals surface area contributed by atoms with Crippen molar-refractivity contribution in [2.75, 3.05) is 11.4 Å². The zero-order valence-corrected chi connectivity index (χ0v) is 29.2. The zero-order chi connectivity index (χ0) is 37.8. The van der Waals surface area contributed by atoms with Gasteiger partial charge >= 0.3 is 5.97 Å². The van der Waals surface area contributed by atoms with E-state index in [9.17, 15) is 31.5 Å². The summed E-state index contributed by atoms with van der Waals surface area (Å²) in [4.78, 5) is 55.2. The van der Waals surface area contributed by atoms with E-state index >= 15 is 0 Å². The average molecular weight is 752 g/mol. The smallest absolute Gasteiger partial charge is 0.333 e. The Kier molecular flexibility index (Phi) is 11.0. The van der Waals surface area contributed by atoms with Crippen LogP contribution in [0.1, 0.15) is 35.2 Å². The van der Waals surface area contributed by atoms with Crippen molar-refractivity contribution >= 4 is 71.7 Å². The van der Waals surface area contributed by atoms with E-state index < -0.39 is 44.2 Å². The van der Waals surface area contributed by atoms with Gasteiger partial charge in [0.05, 0.1) is 40.4 Å². The average Bonchev–Trinajstić information content (AvgIpc) is 3.43. The SMILES string of the molecule is COc1ccc(N(C(=O)c2c3ccccc3[n+](C)c3ccccc23)S(=O)(=O)c2ccc(CCC(=O)ON3C(=O)CCC3=O)cc2)cc1.O=S(=O)([O-])F. The molecule has 4 aromatic carbocycles. The van der Waals surface area contributed by atoms with Crippen molar-refractivity contribution in [2.45, 2.75) is 30.6 Å². The molecule has 6 rings (SSSR count). The number of fused-ring (bicyclic) bond motifs is 2. The van der Waals surface area contributed by atoms with Crippen LogP contribution in [0.15, 0.2) is 102 Å². The minimum Gasteiger partial charge on any atom is -0.722 e. The number of imide groups is 1. The van der Waals surface area contributed by atoms with Gasteiger partial charge in [-0.2, -0.15) is 8.87 Å². The Labute approximate surface area is 297 Å². The molecule has 1 aromatic heterocycles. The Morgan fingerprint density at radius 2 is 1.33 bits per heavy atom. The monoisotopic (exact) mass is 751 g/mol. The second-order valence-corrected chi connectivity index (χ2v) is 13.9. The molecule has 1 saturated heterocycles. The predicted octanol–water partition coefficient (Wildman–Crippen LogP) is 3.82. The number of sulfonamides is 1. The van der Waals surface area contributed by atoms with Gasteiger partial charge in [-0.3, -0.25) is 14.4 Å². The highest BCUT2D eigenvalue weighted by molar-refractivity contribution is 7.93. The maximum Gasteiger partial charge on any atom is 0.333 e. The van der Waals surface area contributed by atoms with Crippen LogP contribution < -0.4 is 13.6 Å². The Morgan fingerprint density at radius 1 is 0.827 bits per heavy atom. The second kappa shape index (κ2) is 15.2. The number of rotatable bonds is 9. The molecule has 0 spiro atoms. The molecule has 2 heterocycles. The van der Waals surface area contributed by atoms with Crippen LogP contribution in [0.2, 0.25) is 0 Å². The number of ether oxygens (including phenoxy) is 1. The number of halogens is 1. The summed E-state index contributed by atoms with van der Waals surface area (Å²) in [5, 5.41) is 1.67. The lowest BCUT2D eigenvalue weighted by atomic mass is 10.0. The number of hydrogen-bond acceptors (Lipinski definition) is 11. The molecule has 0 radical (unpaired) electrons. The van der Waals surface area contributed by atoms with Crippen molar-refractivity contribution in [3.63, 3.8) is 0 Å². The number of hydrogen-bond donors (Lipinski definition) is 0. The third kappa shape index (κ3) is 8.22. The number of carbonyl (C=O) groups excluding carboxylic acids is 4. The number of hydroxylamine groups is 2. The molecule has 1 aliphatic rings. The zero-order valence-electron chi connectivity index (χ0n) is 27.6. The fraction of sp³-hybridized carbons (Fsp3) is 0.171. The quantitative estimate of drug-likeness (QED) is 0.0700. The topological polar surface area (TPSA) is 188 Å². The summed E-state index contributed by atoms with van der Waals surface area (Å²) in [5.74, 6) is -2.15. The molecule has 0 atom stereocenters. The first-order valence-corrected chi connectivity index (χ1v) is 18.2. The number of anilines is 1. The summed E-state index contributed by atoms with van der Waals surface area (Å²) in [7, 11) is -6.52. The van der Waals surface area contributed by atoms with Crippen LogP contribution in [0.4, 0.5) is 9.57 Å². The fourth-order valence-corrected chi connectivity index (χ4v) is 7.03. The first kappa shape index (κ1) is 37.5. The van der Waals surface area contributed by atoms with Crippen molar-refractivity contribution < 1.29 is 58.6 Å². The number of benzene rings is 4. The Balaban J connectivity index is 0.000000979. The minimum absolute atomic E-state index is 0.00653. The van der Waals surface area contributed by atoms with E-state index in [1.54, 1.807) is 36.4 Å². The summed E-state index contributed by atoms with van der Waals surface area (Å²) in [5.41, 5.74) is 2.47. The first-order chi connectivity index (χ1) is 24.6. The third-order valence-electron chi connectivity index (χ3n) is 8.05. The molecular formula is C35H30FN3O11S2. The van der Waals surface area contributed by atoms with E-state index in [2.05, 4.69) is 0 Å². The van der Waals surface area contributed by atoms with E-state index in [0.717, 1.165) is 15.3 Å². The first-order valence-electron chi connectivity index (χ1n) is 15.4. The highest BCUT2D eigenvalue weighted by atomic mass is 32.3. The van der Waals surface area contributed by atoms with Gasteiger partial charge in [-0.05, 0) is 60.5 Å². The van der Waals surface area contributed by atoms with Crippen molar-refractivity contribution in [1.29, 1.82) is 0 Å². The number of methoxy groups -OCH3 is 1. The highest BCUT2D eigenvalue weighted by Gasteiger charge is 2.36. The van der Waals surface area contributed by atoms with Gasteiger partial charge in [0.2, 0.25) is 11.0 Å². The summed E-state index contributed by atoms with van der Waals surface area (Å²) >= 11 is 0. The van der Waals surface area contributed by atoms with Crippen molar-refractivity contribution in [2.24, 2.45) is 7.05 Å². The molecule has 0 unspecified atom stereocenters. The van der Waals surface area contributed by atoms with Gasteiger partial charge in [-0.25, -0.2) is 21.6 Å². The van der Waals surface area contributed by atoms with E-state index in [-0.39, 0.29) is 41.8 Å². The standard InChI is InChI=1S/C35H30N3O8S.FHO3S/c1-36-29-9-5-3-7-27(29)34(28-8-4-6-10-30(28)36)35(42)38(24-14-16-25(45-2)17-15-24)47(43,44)26-18-11-23(12-19-26)13-22-33(41)46-37-31(39)20-21-32(37)40;1-5(2,3)4/h3-12,14-19H,13,20-22H2,1-2H3;(H,2,3,4)/q+1;/p-1. The van der Waals surface area contributed by atoms with Crippen LogP contribution in [0.3, 0.4) is 0 Å². The summed E-state index contributed by atoms with van der Waals surface area (Å²) in [6.45, 7) is 0. The van der Waals surface area contributed by atoms with Crippen molar-refractivity contribution in [3.05, 3.63) is 108 Å². The molecule has 0 saturated carbocycles. The van der Waals surface area contributed by atoms with Crippen LogP contribution in [0, 0.1) is 0 Å². The van der Waals surface area contributed by atoms with Gasteiger partial charge in [0, 0.05) is 25.0 Å². The van der Waals surface area contributed by atoms with Crippen LogP contribution in [-0.4, -0.2) is 57.3 Å². The van der Waals surface area contributed by atoms with E-state index in [1.807, 2.05) is 35.9 Å². The number of nitrogens with zero attached hydrogens (tertiary/aromatic N) is 3. The van der Waals surface area contributed by atoms with Crippen LogP contribution >= 0.6 is 0 Å². The Morgan fingerprint density at radius 3 is 1.83 bits per heavy atom.